The van der Waals surface area contributed by atoms with Crippen molar-refractivity contribution in [1.29, 1.82) is 0 Å². The second-order valence-electron chi connectivity index (χ2n) is 12.0. The van der Waals surface area contributed by atoms with Crippen LogP contribution in [0.15, 0.2) is 12.4 Å². The van der Waals surface area contributed by atoms with Crippen molar-refractivity contribution in [1.82, 2.24) is 9.78 Å². The predicted octanol–water partition coefficient (Wildman–Crippen LogP) is 8.85. The second kappa shape index (κ2) is 12.1. The average Bonchev–Trinajstić information content (AvgIpc) is 3.32. The SMILES string of the molecule is C#Cc1cnn(CC(C)C2CCCC3C4CCC5CC(C)CCC5C4CCC23C)c1.CC.CC. The molecule has 9 atom stereocenters. The molecule has 4 saturated carbocycles. The van der Waals surface area contributed by atoms with Gasteiger partial charge in [-0.3, -0.25) is 4.68 Å². The normalized spacial score (nSPS) is 39.4. The van der Waals surface area contributed by atoms with Crippen molar-refractivity contribution in [2.24, 2.45) is 52.8 Å². The first-order valence-electron chi connectivity index (χ1n) is 15.0. The van der Waals surface area contributed by atoms with Gasteiger partial charge in [0.1, 0.15) is 0 Å². The Kier molecular flexibility index (Phi) is 9.77. The summed E-state index contributed by atoms with van der Waals surface area (Å²) < 4.78 is 2.10. The molecule has 0 N–H and O–H groups in total. The lowest BCUT2D eigenvalue weighted by atomic mass is 9.44. The van der Waals surface area contributed by atoms with E-state index in [0.717, 1.165) is 53.5 Å². The van der Waals surface area contributed by atoms with Crippen molar-refractivity contribution in [2.75, 3.05) is 0 Å². The van der Waals surface area contributed by atoms with Crippen LogP contribution in [-0.2, 0) is 6.54 Å². The highest BCUT2D eigenvalue weighted by atomic mass is 15.3. The number of hydrogen-bond donors (Lipinski definition) is 0. The topological polar surface area (TPSA) is 17.8 Å². The van der Waals surface area contributed by atoms with Crippen LogP contribution in [0.25, 0.3) is 0 Å². The van der Waals surface area contributed by atoms with Crippen LogP contribution in [-0.4, -0.2) is 9.78 Å². The summed E-state index contributed by atoms with van der Waals surface area (Å²) in [7, 11) is 0. The van der Waals surface area contributed by atoms with Gasteiger partial charge in [0, 0.05) is 12.7 Å². The number of hydrogen-bond acceptors (Lipinski definition) is 1. The fourth-order valence-corrected chi connectivity index (χ4v) is 9.22. The zero-order valence-electron chi connectivity index (χ0n) is 23.5. The molecule has 4 aliphatic carbocycles. The Hall–Kier alpha value is -1.23. The number of rotatable bonds is 3. The van der Waals surface area contributed by atoms with Gasteiger partial charge in [-0.1, -0.05) is 67.2 Å². The average molecular weight is 467 g/mol. The van der Waals surface area contributed by atoms with Crippen LogP contribution < -0.4 is 0 Å². The highest BCUT2D eigenvalue weighted by molar-refractivity contribution is 5.26. The molecule has 0 radical (unpaired) electrons. The molecule has 0 aromatic carbocycles. The van der Waals surface area contributed by atoms with Crippen LogP contribution in [0, 0.1) is 65.1 Å². The molecule has 0 spiro atoms. The van der Waals surface area contributed by atoms with E-state index in [1.54, 1.807) is 0 Å². The molecule has 0 bridgehead atoms. The molecule has 192 valence electrons. The Morgan fingerprint density at radius 3 is 2.47 bits per heavy atom. The number of aromatic nitrogens is 2. The van der Waals surface area contributed by atoms with Crippen LogP contribution in [0.1, 0.15) is 118 Å². The fraction of sp³-hybridized carbons (Fsp3) is 0.844. The highest BCUT2D eigenvalue weighted by Crippen LogP contribution is 2.64. The van der Waals surface area contributed by atoms with Crippen LogP contribution in [0.5, 0.6) is 0 Å². The van der Waals surface area contributed by atoms with Gasteiger partial charge >= 0.3 is 0 Å². The Morgan fingerprint density at radius 1 is 1.03 bits per heavy atom. The Morgan fingerprint density at radius 2 is 1.76 bits per heavy atom. The molecule has 2 heteroatoms. The monoisotopic (exact) mass is 466 g/mol. The van der Waals surface area contributed by atoms with E-state index in [-0.39, 0.29) is 0 Å². The molecular formula is C32H54N2. The molecule has 0 amide bonds. The fourth-order valence-electron chi connectivity index (χ4n) is 9.22. The van der Waals surface area contributed by atoms with Crippen molar-refractivity contribution in [3.05, 3.63) is 18.0 Å². The zero-order chi connectivity index (χ0) is 24.9. The summed E-state index contributed by atoms with van der Waals surface area (Å²) in [4.78, 5) is 0. The van der Waals surface area contributed by atoms with Gasteiger partial charge < -0.3 is 0 Å². The summed E-state index contributed by atoms with van der Waals surface area (Å²) in [6, 6.07) is 0. The molecule has 1 aromatic heterocycles. The smallest absolute Gasteiger partial charge is 0.0646 e. The maximum Gasteiger partial charge on any atom is 0.0646 e. The quantitative estimate of drug-likeness (QED) is 0.407. The van der Waals surface area contributed by atoms with Crippen LogP contribution in [0.3, 0.4) is 0 Å². The molecule has 0 saturated heterocycles. The van der Waals surface area contributed by atoms with Gasteiger partial charge in [0.25, 0.3) is 0 Å². The van der Waals surface area contributed by atoms with Crippen LogP contribution in [0.2, 0.25) is 0 Å². The third kappa shape index (κ3) is 5.29. The third-order valence-corrected chi connectivity index (χ3v) is 10.5. The molecule has 9 unspecified atom stereocenters. The van der Waals surface area contributed by atoms with Gasteiger partial charge in [-0.25, -0.2) is 0 Å². The van der Waals surface area contributed by atoms with Gasteiger partial charge in [0.2, 0.25) is 0 Å². The molecule has 5 rings (SSSR count). The summed E-state index contributed by atoms with van der Waals surface area (Å²) in [6.45, 7) is 16.7. The van der Waals surface area contributed by atoms with Gasteiger partial charge in [-0.2, -0.15) is 5.10 Å². The summed E-state index contributed by atoms with van der Waals surface area (Å²) in [5.41, 5.74) is 1.45. The van der Waals surface area contributed by atoms with E-state index in [1.807, 2.05) is 33.9 Å². The Labute approximate surface area is 212 Å². The summed E-state index contributed by atoms with van der Waals surface area (Å²) in [6.07, 6.45) is 24.4. The maximum absolute atomic E-state index is 5.56. The van der Waals surface area contributed by atoms with Gasteiger partial charge in [0.15, 0.2) is 0 Å². The Bertz CT molecular complexity index is 787. The van der Waals surface area contributed by atoms with Crippen molar-refractivity contribution in [2.45, 2.75) is 119 Å². The van der Waals surface area contributed by atoms with E-state index >= 15 is 0 Å². The van der Waals surface area contributed by atoms with E-state index in [0.29, 0.717) is 11.3 Å². The molecule has 34 heavy (non-hydrogen) atoms. The summed E-state index contributed by atoms with van der Waals surface area (Å²) >= 11 is 0. The molecule has 1 aromatic rings. The first-order valence-corrected chi connectivity index (χ1v) is 15.0. The third-order valence-electron chi connectivity index (χ3n) is 10.5. The zero-order valence-corrected chi connectivity index (χ0v) is 23.5. The van der Waals surface area contributed by atoms with E-state index < -0.39 is 0 Å². The molecule has 1 heterocycles. The number of fused-ring (bicyclic) bond motifs is 5. The molecule has 4 aliphatic rings. The van der Waals surface area contributed by atoms with E-state index in [2.05, 4.69) is 42.7 Å². The molecule has 4 fully saturated rings. The largest absolute Gasteiger partial charge is 0.271 e. The van der Waals surface area contributed by atoms with Crippen molar-refractivity contribution in [3.8, 4) is 12.3 Å². The molecule has 0 aliphatic heterocycles. The van der Waals surface area contributed by atoms with Crippen molar-refractivity contribution < 1.29 is 0 Å². The highest BCUT2D eigenvalue weighted by Gasteiger charge is 2.55. The molecule has 2 nitrogen and oxygen atoms in total. The lowest BCUT2D eigenvalue weighted by Crippen LogP contribution is -2.53. The van der Waals surface area contributed by atoms with E-state index in [4.69, 9.17) is 6.42 Å². The van der Waals surface area contributed by atoms with Crippen molar-refractivity contribution in [3.63, 3.8) is 0 Å². The lowest BCUT2D eigenvalue weighted by Gasteiger charge is -2.61. The Balaban J connectivity index is 0.000000771. The minimum atomic E-state index is 0.537. The van der Waals surface area contributed by atoms with E-state index in [9.17, 15) is 0 Å². The lowest BCUT2D eigenvalue weighted by molar-refractivity contribution is -0.121. The van der Waals surface area contributed by atoms with Gasteiger partial charge in [-0.15, -0.1) is 6.42 Å². The van der Waals surface area contributed by atoms with Crippen molar-refractivity contribution >= 4 is 0 Å². The van der Waals surface area contributed by atoms with E-state index in [1.165, 1.54) is 64.2 Å². The summed E-state index contributed by atoms with van der Waals surface area (Å²) in [5, 5.41) is 4.54. The van der Waals surface area contributed by atoms with Crippen LogP contribution >= 0.6 is 0 Å². The van der Waals surface area contributed by atoms with Crippen LogP contribution in [0.4, 0.5) is 0 Å². The minimum Gasteiger partial charge on any atom is -0.271 e. The minimum absolute atomic E-state index is 0.537. The van der Waals surface area contributed by atoms with Gasteiger partial charge in [-0.05, 0) is 104 Å². The number of nitrogens with zero attached hydrogens (tertiary/aromatic N) is 2. The number of terminal acetylenes is 1. The first kappa shape index (κ1) is 27.4. The summed E-state index contributed by atoms with van der Waals surface area (Å²) in [5.74, 6) is 10.4. The molecular weight excluding hydrogens is 412 g/mol. The second-order valence-corrected chi connectivity index (χ2v) is 12.0. The standard InChI is InChI=1S/C28H42N2.2C2H6/c1-5-21-16-29-30(18-21)17-20(3)26-7-6-8-27-25-12-10-22-15-19(2)9-11-23(22)24(25)13-14-28(26,27)4;2*1-2/h1,16,18-20,22-27H,6-15,17H2,2-4H3;2*1-2H3. The van der Waals surface area contributed by atoms with Gasteiger partial charge in [0.05, 0.1) is 11.8 Å². The first-order chi connectivity index (χ1) is 16.5. The predicted molar refractivity (Wildman–Crippen MR) is 146 cm³/mol. The maximum atomic E-state index is 5.56.